The zero-order valence-corrected chi connectivity index (χ0v) is 12.3. The highest BCUT2D eigenvalue weighted by Crippen LogP contribution is 2.39. The van der Waals surface area contributed by atoms with E-state index in [1.807, 2.05) is 6.92 Å². The Bertz CT molecular complexity index is 526. The lowest BCUT2D eigenvalue weighted by molar-refractivity contribution is -0.0834. The first-order valence-corrected chi connectivity index (χ1v) is 6.95. The van der Waals surface area contributed by atoms with E-state index in [4.69, 9.17) is 28.9 Å². The largest absolute Gasteiger partial charge is 0.370 e. The molecule has 0 heterocycles. The molecule has 1 aromatic carbocycles. The minimum atomic E-state index is -2.60. The van der Waals surface area contributed by atoms with Gasteiger partial charge in [0.15, 0.2) is 5.96 Å². The molecule has 1 aliphatic carbocycles. The molecule has 110 valence electrons. The summed E-state index contributed by atoms with van der Waals surface area (Å²) in [6.45, 7) is 1.85. The molecule has 7 heteroatoms. The van der Waals surface area contributed by atoms with Crippen molar-refractivity contribution in [1.29, 1.82) is 0 Å². The lowest BCUT2D eigenvalue weighted by atomic mass is 9.89. The van der Waals surface area contributed by atoms with Crippen LogP contribution in [-0.4, -0.2) is 17.9 Å². The number of rotatable bonds is 3. The minimum absolute atomic E-state index is 0.143. The number of nitrogens with two attached hydrogens (primary N) is 1. The molecule has 1 unspecified atom stereocenters. The molecule has 0 bridgehead atoms. The lowest BCUT2D eigenvalue weighted by Gasteiger charge is -2.32. The lowest BCUT2D eigenvalue weighted by Crippen LogP contribution is -2.42. The van der Waals surface area contributed by atoms with Crippen LogP contribution in [0.5, 0.6) is 0 Å². The fraction of sp³-hybridized carbons (Fsp3) is 0.462. The molecule has 0 aliphatic heterocycles. The van der Waals surface area contributed by atoms with Crippen molar-refractivity contribution in [3.8, 4) is 0 Å². The second-order valence-electron chi connectivity index (χ2n) is 4.96. The van der Waals surface area contributed by atoms with Crippen LogP contribution >= 0.6 is 23.2 Å². The average Bonchev–Trinajstić information content (AvgIpc) is 2.25. The van der Waals surface area contributed by atoms with Gasteiger partial charge in [0.2, 0.25) is 0 Å². The van der Waals surface area contributed by atoms with Crippen molar-refractivity contribution in [3.63, 3.8) is 0 Å². The zero-order valence-electron chi connectivity index (χ0n) is 10.8. The van der Waals surface area contributed by atoms with Gasteiger partial charge < -0.3 is 11.1 Å². The van der Waals surface area contributed by atoms with E-state index < -0.39 is 12.0 Å². The number of nitrogens with one attached hydrogen (secondary N) is 1. The number of hydrogen-bond donors (Lipinski definition) is 2. The third-order valence-corrected chi connectivity index (χ3v) is 3.75. The van der Waals surface area contributed by atoms with Gasteiger partial charge in [0.1, 0.15) is 0 Å². The first kappa shape index (κ1) is 15.3. The Morgan fingerprint density at radius 1 is 1.45 bits per heavy atom. The third kappa shape index (κ3) is 3.73. The van der Waals surface area contributed by atoms with Crippen LogP contribution in [0.1, 0.15) is 31.4 Å². The number of aliphatic imine (C=N–C) groups is 1. The van der Waals surface area contributed by atoms with Crippen molar-refractivity contribution in [2.24, 2.45) is 10.7 Å². The summed E-state index contributed by atoms with van der Waals surface area (Å²) in [4.78, 5) is 4.02. The van der Waals surface area contributed by atoms with Crippen LogP contribution in [0.25, 0.3) is 0 Å². The Hall–Kier alpha value is -1.07. The van der Waals surface area contributed by atoms with E-state index in [1.54, 1.807) is 18.2 Å². The van der Waals surface area contributed by atoms with Crippen molar-refractivity contribution in [2.45, 2.75) is 37.8 Å². The van der Waals surface area contributed by atoms with Crippen LogP contribution in [0, 0.1) is 0 Å². The van der Waals surface area contributed by atoms with Crippen LogP contribution < -0.4 is 11.1 Å². The summed E-state index contributed by atoms with van der Waals surface area (Å²) in [6.07, 6.45) is -0.489. The SMILES string of the molecule is CC(NC(N)=NC1CC(F)(F)C1)c1ccc(Cl)cc1Cl. The van der Waals surface area contributed by atoms with E-state index in [2.05, 4.69) is 10.3 Å². The number of halogens is 4. The van der Waals surface area contributed by atoms with Gasteiger partial charge in [-0.25, -0.2) is 13.8 Å². The maximum absolute atomic E-state index is 12.7. The monoisotopic (exact) mass is 321 g/mol. The second kappa shape index (κ2) is 5.74. The Labute approximate surface area is 126 Å². The first-order valence-electron chi connectivity index (χ1n) is 6.19. The van der Waals surface area contributed by atoms with Crippen LogP contribution in [0.3, 0.4) is 0 Å². The summed E-state index contributed by atoms with van der Waals surface area (Å²) in [5.41, 5.74) is 6.53. The minimum Gasteiger partial charge on any atom is -0.370 e. The standard InChI is InChI=1S/C13H15Cl2F2N3/c1-7(10-3-2-8(14)4-11(10)15)19-12(18)20-9-5-13(16,17)6-9/h2-4,7,9H,5-6H2,1H3,(H3,18,19,20). The molecule has 20 heavy (non-hydrogen) atoms. The first-order chi connectivity index (χ1) is 9.27. The maximum Gasteiger partial charge on any atom is 0.252 e. The molecule has 1 atom stereocenters. The van der Waals surface area contributed by atoms with Gasteiger partial charge >= 0.3 is 0 Å². The highest BCUT2D eigenvalue weighted by Gasteiger charge is 2.45. The number of benzene rings is 1. The van der Waals surface area contributed by atoms with Crippen molar-refractivity contribution in [1.82, 2.24) is 5.32 Å². The fourth-order valence-corrected chi connectivity index (χ4v) is 2.68. The van der Waals surface area contributed by atoms with Crippen LogP contribution in [0.2, 0.25) is 10.0 Å². The summed E-state index contributed by atoms with van der Waals surface area (Å²) < 4.78 is 25.4. The molecular weight excluding hydrogens is 307 g/mol. The fourth-order valence-electron chi connectivity index (χ4n) is 2.11. The van der Waals surface area contributed by atoms with Gasteiger partial charge in [-0.05, 0) is 24.6 Å². The van der Waals surface area contributed by atoms with Gasteiger partial charge in [0.05, 0.1) is 12.1 Å². The molecule has 0 aromatic heterocycles. The van der Waals surface area contributed by atoms with Crippen molar-refractivity contribution in [2.75, 3.05) is 0 Å². The molecule has 0 amide bonds. The summed E-state index contributed by atoms with van der Waals surface area (Å²) >= 11 is 11.9. The molecule has 0 radical (unpaired) electrons. The van der Waals surface area contributed by atoms with Crippen LogP contribution in [-0.2, 0) is 0 Å². The summed E-state index contributed by atoms with van der Waals surface area (Å²) in [5, 5.41) is 4.00. The molecule has 1 saturated carbocycles. The topological polar surface area (TPSA) is 50.4 Å². The Kier molecular flexibility index (Phi) is 4.39. The normalized spacial score (nSPS) is 20.4. The van der Waals surface area contributed by atoms with Crippen molar-refractivity contribution >= 4 is 29.2 Å². The maximum atomic E-state index is 12.7. The molecule has 1 aliphatic rings. The Balaban J connectivity index is 1.97. The molecule has 3 N–H and O–H groups in total. The highest BCUT2D eigenvalue weighted by molar-refractivity contribution is 6.35. The van der Waals surface area contributed by atoms with E-state index in [1.165, 1.54) is 0 Å². The molecule has 3 nitrogen and oxygen atoms in total. The van der Waals surface area contributed by atoms with Gasteiger partial charge in [0, 0.05) is 22.9 Å². The highest BCUT2D eigenvalue weighted by atomic mass is 35.5. The van der Waals surface area contributed by atoms with Gasteiger partial charge in [0.25, 0.3) is 5.92 Å². The van der Waals surface area contributed by atoms with E-state index in [-0.39, 0.29) is 24.8 Å². The summed E-state index contributed by atoms with van der Waals surface area (Å²) in [6, 6.07) is 4.54. The van der Waals surface area contributed by atoms with E-state index in [0.29, 0.717) is 10.0 Å². The van der Waals surface area contributed by atoms with Crippen molar-refractivity contribution in [3.05, 3.63) is 33.8 Å². The number of nitrogens with zero attached hydrogens (tertiary/aromatic N) is 1. The van der Waals surface area contributed by atoms with Crippen LogP contribution in [0.15, 0.2) is 23.2 Å². The zero-order chi connectivity index (χ0) is 14.9. The average molecular weight is 322 g/mol. The molecule has 0 saturated heterocycles. The molecule has 1 fully saturated rings. The molecule has 2 rings (SSSR count). The predicted molar refractivity (Wildman–Crippen MR) is 77.6 cm³/mol. The number of hydrogen-bond acceptors (Lipinski definition) is 1. The quantitative estimate of drug-likeness (QED) is 0.658. The number of alkyl halides is 2. The summed E-state index contributed by atoms with van der Waals surface area (Å²) in [7, 11) is 0. The van der Waals surface area contributed by atoms with Gasteiger partial charge in [-0.15, -0.1) is 0 Å². The second-order valence-corrected chi connectivity index (χ2v) is 5.81. The van der Waals surface area contributed by atoms with E-state index >= 15 is 0 Å². The molecular formula is C13H15Cl2F2N3. The number of guanidine groups is 1. The van der Waals surface area contributed by atoms with E-state index in [9.17, 15) is 8.78 Å². The Morgan fingerprint density at radius 3 is 2.65 bits per heavy atom. The van der Waals surface area contributed by atoms with Gasteiger partial charge in [-0.3, -0.25) is 0 Å². The van der Waals surface area contributed by atoms with Crippen LogP contribution in [0.4, 0.5) is 8.78 Å². The summed E-state index contributed by atoms with van der Waals surface area (Å²) in [5.74, 6) is -2.46. The molecule has 1 aromatic rings. The van der Waals surface area contributed by atoms with E-state index in [0.717, 1.165) is 5.56 Å². The smallest absolute Gasteiger partial charge is 0.252 e. The van der Waals surface area contributed by atoms with Crippen molar-refractivity contribution < 1.29 is 8.78 Å². The predicted octanol–water partition coefficient (Wildman–Crippen LogP) is 3.76. The Morgan fingerprint density at radius 2 is 2.10 bits per heavy atom. The third-order valence-electron chi connectivity index (χ3n) is 3.18. The molecule has 0 spiro atoms. The van der Waals surface area contributed by atoms with Gasteiger partial charge in [-0.1, -0.05) is 29.3 Å². The van der Waals surface area contributed by atoms with Gasteiger partial charge in [-0.2, -0.15) is 0 Å².